The molecular weight excluding hydrogens is 398 g/mol. The Balaban J connectivity index is 1.52. The Labute approximate surface area is 172 Å². The molecule has 1 saturated heterocycles. The molecule has 3 heterocycles. The maximum atomic E-state index is 12.8. The molecule has 2 aromatic rings. The van der Waals surface area contributed by atoms with E-state index in [1.807, 2.05) is 22.4 Å². The third-order valence-corrected chi connectivity index (χ3v) is 6.42. The van der Waals surface area contributed by atoms with E-state index in [1.165, 1.54) is 11.8 Å². The summed E-state index contributed by atoms with van der Waals surface area (Å²) in [6, 6.07) is 5.68. The number of aromatic nitrogens is 1. The van der Waals surface area contributed by atoms with Crippen molar-refractivity contribution in [1.29, 1.82) is 0 Å². The number of ether oxygens (including phenoxy) is 1. The van der Waals surface area contributed by atoms with Gasteiger partial charge in [0.1, 0.15) is 5.76 Å². The number of thioether (sulfide) groups is 1. The van der Waals surface area contributed by atoms with Crippen LogP contribution in [0.15, 0.2) is 28.1 Å². The van der Waals surface area contributed by atoms with Gasteiger partial charge in [-0.3, -0.25) is 9.59 Å². The highest BCUT2D eigenvalue weighted by molar-refractivity contribution is 8.01. The van der Waals surface area contributed by atoms with Crippen LogP contribution in [0.3, 0.4) is 0 Å². The maximum absolute atomic E-state index is 12.8. The zero-order chi connectivity index (χ0) is 19.9. The molecule has 0 saturated carbocycles. The number of thiophene rings is 1. The molecular formula is C19H25N3O4S2. The Morgan fingerprint density at radius 1 is 1.50 bits per heavy atom. The normalized spacial score (nSPS) is 17.4. The Hall–Kier alpha value is -1.84. The van der Waals surface area contributed by atoms with Crippen molar-refractivity contribution in [2.45, 2.75) is 44.6 Å². The average Bonchev–Trinajstić information content (AvgIpc) is 3.43. The fourth-order valence-electron chi connectivity index (χ4n) is 2.90. The van der Waals surface area contributed by atoms with Crippen LogP contribution in [0, 0.1) is 6.92 Å². The van der Waals surface area contributed by atoms with Gasteiger partial charge in [0.15, 0.2) is 5.82 Å². The van der Waals surface area contributed by atoms with Gasteiger partial charge in [-0.05, 0) is 38.1 Å². The second-order valence-electron chi connectivity index (χ2n) is 6.75. The Morgan fingerprint density at radius 3 is 3.00 bits per heavy atom. The van der Waals surface area contributed by atoms with E-state index in [2.05, 4.69) is 10.5 Å². The van der Waals surface area contributed by atoms with Crippen molar-refractivity contribution in [3.8, 4) is 0 Å². The van der Waals surface area contributed by atoms with E-state index in [1.54, 1.807) is 31.3 Å². The number of rotatable bonds is 9. The first-order chi connectivity index (χ1) is 13.5. The van der Waals surface area contributed by atoms with Gasteiger partial charge >= 0.3 is 0 Å². The largest absolute Gasteiger partial charge is 0.376 e. The van der Waals surface area contributed by atoms with Gasteiger partial charge in [0.2, 0.25) is 11.8 Å². The van der Waals surface area contributed by atoms with Gasteiger partial charge in [0.25, 0.3) is 0 Å². The molecule has 0 radical (unpaired) electrons. The third kappa shape index (κ3) is 6.08. The van der Waals surface area contributed by atoms with Gasteiger partial charge in [0.05, 0.1) is 23.7 Å². The molecule has 1 aliphatic rings. The number of carbonyl (C=O) groups is 2. The fraction of sp³-hybridized carbons (Fsp3) is 0.526. The van der Waals surface area contributed by atoms with Crippen molar-refractivity contribution in [2.24, 2.45) is 0 Å². The van der Waals surface area contributed by atoms with Crippen molar-refractivity contribution in [3.05, 3.63) is 34.2 Å². The van der Waals surface area contributed by atoms with Crippen LogP contribution in [-0.4, -0.2) is 52.1 Å². The Kier molecular flexibility index (Phi) is 7.52. The molecule has 2 amide bonds. The van der Waals surface area contributed by atoms with Crippen LogP contribution < -0.4 is 5.32 Å². The molecule has 0 aliphatic carbocycles. The molecule has 152 valence electrons. The van der Waals surface area contributed by atoms with E-state index in [0.29, 0.717) is 24.7 Å². The minimum absolute atomic E-state index is 0.0193. The third-order valence-electron chi connectivity index (χ3n) is 4.43. The molecule has 7 nitrogen and oxygen atoms in total. The predicted molar refractivity (Wildman–Crippen MR) is 110 cm³/mol. The first kappa shape index (κ1) is 20.9. The molecule has 0 spiro atoms. The average molecular weight is 424 g/mol. The van der Waals surface area contributed by atoms with Crippen molar-refractivity contribution in [3.63, 3.8) is 0 Å². The molecule has 0 unspecified atom stereocenters. The number of amides is 2. The van der Waals surface area contributed by atoms with Crippen molar-refractivity contribution >= 4 is 40.7 Å². The predicted octanol–water partition coefficient (Wildman–Crippen LogP) is 3.31. The second-order valence-corrected chi connectivity index (χ2v) is 9.12. The quantitative estimate of drug-likeness (QED) is 0.666. The zero-order valence-electron chi connectivity index (χ0n) is 16.1. The molecule has 2 atom stereocenters. The highest BCUT2D eigenvalue weighted by Gasteiger charge is 2.24. The minimum atomic E-state index is -0.382. The lowest BCUT2D eigenvalue weighted by Crippen LogP contribution is -2.38. The summed E-state index contributed by atoms with van der Waals surface area (Å²) in [6.07, 6.45) is 2.13. The lowest BCUT2D eigenvalue weighted by atomic mass is 10.2. The van der Waals surface area contributed by atoms with E-state index in [0.717, 1.165) is 24.3 Å². The number of nitrogens with zero attached hydrogens (tertiary/aromatic N) is 2. The van der Waals surface area contributed by atoms with Crippen molar-refractivity contribution < 1.29 is 18.8 Å². The van der Waals surface area contributed by atoms with E-state index < -0.39 is 0 Å². The molecule has 1 fully saturated rings. The van der Waals surface area contributed by atoms with Gasteiger partial charge in [-0.1, -0.05) is 11.2 Å². The number of aryl methyl sites for hydroxylation is 1. The lowest BCUT2D eigenvalue weighted by molar-refractivity contribution is -0.130. The standard InChI is InChI=1S/C19H25N3O4S2/c1-13-9-17(21-26-13)20-19(24)14(2)28-12-18(23)22(10-15-5-3-7-25-15)11-16-6-4-8-27-16/h4,6,8-9,14-15H,3,5,7,10-12H2,1-2H3,(H,20,21,24)/t14-,15-/m1/s1. The first-order valence-electron chi connectivity index (χ1n) is 9.29. The second kappa shape index (κ2) is 10.1. The molecule has 3 rings (SSSR count). The lowest BCUT2D eigenvalue weighted by Gasteiger charge is -2.25. The molecule has 0 aromatic carbocycles. The van der Waals surface area contributed by atoms with E-state index >= 15 is 0 Å². The minimum Gasteiger partial charge on any atom is -0.376 e. The molecule has 0 bridgehead atoms. The molecule has 9 heteroatoms. The topological polar surface area (TPSA) is 84.7 Å². The highest BCUT2D eigenvalue weighted by Crippen LogP contribution is 2.20. The summed E-state index contributed by atoms with van der Waals surface area (Å²) < 4.78 is 10.7. The smallest absolute Gasteiger partial charge is 0.238 e. The summed E-state index contributed by atoms with van der Waals surface area (Å²) in [7, 11) is 0. The van der Waals surface area contributed by atoms with E-state index in [9.17, 15) is 9.59 Å². The number of hydrogen-bond donors (Lipinski definition) is 1. The van der Waals surface area contributed by atoms with Crippen LogP contribution in [0.4, 0.5) is 5.82 Å². The Bertz CT molecular complexity index is 772. The van der Waals surface area contributed by atoms with Gasteiger partial charge in [-0.15, -0.1) is 23.1 Å². The van der Waals surface area contributed by atoms with E-state index in [-0.39, 0.29) is 28.9 Å². The SMILES string of the molecule is Cc1cc(NC(=O)[C@@H](C)SCC(=O)N(Cc2cccs2)C[C@H]2CCCO2)no1. The summed E-state index contributed by atoms with van der Waals surface area (Å²) in [5.74, 6) is 1.08. The number of carbonyl (C=O) groups excluding carboxylic acids is 2. The van der Waals surface area contributed by atoms with Crippen molar-refractivity contribution in [1.82, 2.24) is 10.1 Å². The molecule has 2 aromatic heterocycles. The van der Waals surface area contributed by atoms with Gasteiger partial charge in [-0.2, -0.15) is 0 Å². The number of anilines is 1. The fourth-order valence-corrected chi connectivity index (χ4v) is 4.40. The monoisotopic (exact) mass is 423 g/mol. The summed E-state index contributed by atoms with van der Waals surface area (Å²) in [5, 5.41) is 8.09. The van der Waals surface area contributed by atoms with Crippen LogP contribution in [-0.2, 0) is 20.9 Å². The van der Waals surface area contributed by atoms with E-state index in [4.69, 9.17) is 9.26 Å². The summed E-state index contributed by atoms with van der Waals surface area (Å²) in [6.45, 7) is 5.48. The number of hydrogen-bond acceptors (Lipinski definition) is 7. The summed E-state index contributed by atoms with van der Waals surface area (Å²) in [4.78, 5) is 28.1. The summed E-state index contributed by atoms with van der Waals surface area (Å²) >= 11 is 2.96. The Morgan fingerprint density at radius 2 is 2.36 bits per heavy atom. The van der Waals surface area contributed by atoms with Gasteiger partial charge < -0.3 is 19.5 Å². The van der Waals surface area contributed by atoms with Gasteiger partial charge in [0, 0.05) is 24.1 Å². The highest BCUT2D eigenvalue weighted by atomic mass is 32.2. The van der Waals surface area contributed by atoms with Crippen LogP contribution in [0.2, 0.25) is 0 Å². The van der Waals surface area contributed by atoms with Crippen molar-refractivity contribution in [2.75, 3.05) is 24.2 Å². The maximum Gasteiger partial charge on any atom is 0.238 e. The summed E-state index contributed by atoms with van der Waals surface area (Å²) in [5.41, 5.74) is 0. The van der Waals surface area contributed by atoms with Crippen LogP contribution in [0.5, 0.6) is 0 Å². The number of nitrogens with one attached hydrogen (secondary N) is 1. The first-order valence-corrected chi connectivity index (χ1v) is 11.2. The van der Waals surface area contributed by atoms with Gasteiger partial charge in [-0.25, -0.2) is 0 Å². The molecule has 1 N–H and O–H groups in total. The zero-order valence-corrected chi connectivity index (χ0v) is 17.7. The molecule has 28 heavy (non-hydrogen) atoms. The molecule has 1 aliphatic heterocycles. The van der Waals surface area contributed by atoms with Crippen LogP contribution in [0.25, 0.3) is 0 Å². The van der Waals surface area contributed by atoms with Crippen LogP contribution in [0.1, 0.15) is 30.4 Å². The van der Waals surface area contributed by atoms with Crippen LogP contribution >= 0.6 is 23.1 Å².